The van der Waals surface area contributed by atoms with Crippen molar-refractivity contribution < 1.29 is 23.9 Å². The number of esters is 1. The number of benzene rings is 1. The molecule has 2 fully saturated rings. The van der Waals surface area contributed by atoms with Gasteiger partial charge in [0.2, 0.25) is 11.8 Å². The molecule has 1 aromatic carbocycles. The molecule has 31 heavy (non-hydrogen) atoms. The lowest BCUT2D eigenvalue weighted by molar-refractivity contribution is -0.161. The fourth-order valence-corrected chi connectivity index (χ4v) is 5.00. The highest BCUT2D eigenvalue weighted by atomic mass is 16.5. The molecule has 7 nitrogen and oxygen atoms in total. The minimum absolute atomic E-state index is 0.0502. The van der Waals surface area contributed by atoms with Gasteiger partial charge in [0, 0.05) is 31.1 Å². The van der Waals surface area contributed by atoms with Crippen molar-refractivity contribution in [3.05, 3.63) is 47.7 Å². The molecule has 0 unspecified atom stereocenters. The zero-order valence-electron chi connectivity index (χ0n) is 18.0. The summed E-state index contributed by atoms with van der Waals surface area (Å²) in [5.74, 6) is -0.962. The maximum atomic E-state index is 13.6. The van der Waals surface area contributed by atoms with E-state index in [9.17, 15) is 14.4 Å². The van der Waals surface area contributed by atoms with Crippen LogP contribution in [-0.4, -0.2) is 60.5 Å². The van der Waals surface area contributed by atoms with Gasteiger partial charge in [-0.3, -0.25) is 14.4 Å². The number of hydrogen-bond acceptors (Lipinski definition) is 5. The summed E-state index contributed by atoms with van der Waals surface area (Å²) in [6, 6.07) is 9.74. The van der Waals surface area contributed by atoms with Gasteiger partial charge in [-0.2, -0.15) is 0 Å². The molecular formula is C24H30N2O5. The molecule has 0 bridgehead atoms. The Hall–Kier alpha value is -2.67. The number of allylic oxidation sites excluding steroid dienone is 1. The summed E-state index contributed by atoms with van der Waals surface area (Å²) in [5, 5.41) is 0. The van der Waals surface area contributed by atoms with Gasteiger partial charge >= 0.3 is 5.97 Å². The van der Waals surface area contributed by atoms with Gasteiger partial charge in [-0.15, -0.1) is 0 Å². The second-order valence-electron chi connectivity index (χ2n) is 8.44. The summed E-state index contributed by atoms with van der Waals surface area (Å²) < 4.78 is 10.8. The van der Waals surface area contributed by atoms with E-state index >= 15 is 0 Å². The van der Waals surface area contributed by atoms with E-state index in [0.717, 1.165) is 17.7 Å². The Morgan fingerprint density at radius 2 is 1.94 bits per heavy atom. The van der Waals surface area contributed by atoms with Gasteiger partial charge < -0.3 is 19.3 Å². The molecule has 2 heterocycles. The molecule has 166 valence electrons. The first-order valence-electron chi connectivity index (χ1n) is 11.1. The van der Waals surface area contributed by atoms with Crippen LogP contribution in [0.2, 0.25) is 0 Å². The average molecular weight is 427 g/mol. The van der Waals surface area contributed by atoms with E-state index in [4.69, 9.17) is 9.47 Å². The van der Waals surface area contributed by atoms with Crippen molar-refractivity contribution >= 4 is 17.8 Å². The van der Waals surface area contributed by atoms with E-state index < -0.39 is 11.3 Å². The zero-order chi connectivity index (χ0) is 21.8. The molecule has 1 aliphatic carbocycles. The number of carbonyl (C=O) groups is 3. The number of ether oxygens (including phenoxy) is 2. The van der Waals surface area contributed by atoms with Gasteiger partial charge in [0.1, 0.15) is 5.41 Å². The molecule has 1 aromatic rings. The Balaban J connectivity index is 1.62. The van der Waals surface area contributed by atoms with Crippen LogP contribution in [0.1, 0.15) is 38.2 Å². The minimum Gasteiger partial charge on any atom is -0.465 e. The van der Waals surface area contributed by atoms with Crippen molar-refractivity contribution in [2.45, 2.75) is 39.2 Å². The maximum absolute atomic E-state index is 13.6. The standard InChI is InChI=1S/C24H30N2O5/c1-2-31-23(29)24-10-6-9-20(24)26(17-18-7-4-3-5-8-18)22(28)19(16-24)15-21(27)25-11-13-30-14-12-25/h3-5,7-9,19H,2,6,10-17H2,1H3/t19-,24+/m1/s1. The molecule has 2 aliphatic heterocycles. The normalized spacial score (nSPS) is 25.8. The lowest BCUT2D eigenvalue weighted by atomic mass is 9.71. The van der Waals surface area contributed by atoms with Crippen LogP contribution in [0.15, 0.2) is 42.1 Å². The van der Waals surface area contributed by atoms with E-state index in [2.05, 4.69) is 0 Å². The van der Waals surface area contributed by atoms with Crippen LogP contribution < -0.4 is 0 Å². The number of carbonyl (C=O) groups excluding carboxylic acids is 3. The van der Waals surface area contributed by atoms with Crippen LogP contribution >= 0.6 is 0 Å². The van der Waals surface area contributed by atoms with Crippen molar-refractivity contribution in [3.63, 3.8) is 0 Å². The Morgan fingerprint density at radius 3 is 2.65 bits per heavy atom. The van der Waals surface area contributed by atoms with Crippen molar-refractivity contribution in [2.24, 2.45) is 11.3 Å². The summed E-state index contributed by atoms with van der Waals surface area (Å²) in [7, 11) is 0. The molecule has 2 amide bonds. The number of fused-ring (bicyclic) bond motifs is 1. The largest absolute Gasteiger partial charge is 0.465 e. The van der Waals surface area contributed by atoms with E-state index in [1.54, 1.807) is 16.7 Å². The first kappa shape index (κ1) is 21.6. The molecule has 0 radical (unpaired) electrons. The van der Waals surface area contributed by atoms with E-state index in [0.29, 0.717) is 45.7 Å². The summed E-state index contributed by atoms with van der Waals surface area (Å²) in [5.41, 5.74) is 0.880. The number of hydrogen-bond donors (Lipinski definition) is 0. The van der Waals surface area contributed by atoms with E-state index in [1.165, 1.54) is 0 Å². The van der Waals surface area contributed by atoms with E-state index in [-0.39, 0.29) is 30.8 Å². The minimum atomic E-state index is -0.853. The first-order chi connectivity index (χ1) is 15.0. The lowest BCUT2D eigenvalue weighted by Gasteiger charge is -2.44. The number of amides is 2. The Kier molecular flexibility index (Phi) is 6.41. The summed E-state index contributed by atoms with van der Waals surface area (Å²) >= 11 is 0. The molecular weight excluding hydrogens is 396 g/mol. The third kappa shape index (κ3) is 4.24. The number of piperidine rings is 1. The Morgan fingerprint density at radius 1 is 1.19 bits per heavy atom. The van der Waals surface area contributed by atoms with E-state index in [1.807, 2.05) is 36.4 Å². The van der Waals surface area contributed by atoms with Crippen molar-refractivity contribution in [3.8, 4) is 0 Å². The summed E-state index contributed by atoms with van der Waals surface area (Å²) in [6.07, 6.45) is 3.77. The molecule has 0 N–H and O–H groups in total. The first-order valence-corrected chi connectivity index (χ1v) is 11.1. The SMILES string of the molecule is CCOC(=O)[C@]12CCC=C1N(Cc1ccccc1)C(=O)[C@H](CC(=O)N1CCOCC1)C2. The second kappa shape index (κ2) is 9.22. The highest BCUT2D eigenvalue weighted by Gasteiger charge is 2.55. The number of nitrogens with zero attached hydrogens (tertiary/aromatic N) is 2. The highest BCUT2D eigenvalue weighted by Crippen LogP contribution is 2.51. The fourth-order valence-electron chi connectivity index (χ4n) is 5.00. The number of morpholine rings is 1. The van der Waals surface area contributed by atoms with Crippen molar-refractivity contribution in [2.75, 3.05) is 32.9 Å². The van der Waals surface area contributed by atoms with Gasteiger partial charge in [0.05, 0.1) is 26.4 Å². The van der Waals surface area contributed by atoms with Gasteiger partial charge in [-0.25, -0.2) is 0 Å². The molecule has 2 atom stereocenters. The van der Waals surface area contributed by atoms with Crippen LogP contribution in [-0.2, 0) is 30.4 Å². The third-order valence-electron chi connectivity index (χ3n) is 6.53. The molecule has 3 aliphatic rings. The van der Waals surface area contributed by atoms with Gasteiger partial charge in [0.25, 0.3) is 0 Å². The number of likely N-dealkylation sites (tertiary alicyclic amines) is 1. The molecule has 2 saturated heterocycles. The Labute approximate surface area is 183 Å². The van der Waals surface area contributed by atoms with Gasteiger partial charge in [-0.1, -0.05) is 36.4 Å². The summed E-state index contributed by atoms with van der Waals surface area (Å²) in [6.45, 7) is 4.59. The van der Waals surface area contributed by atoms with Crippen LogP contribution in [0.4, 0.5) is 0 Å². The molecule has 4 rings (SSSR count). The van der Waals surface area contributed by atoms with Crippen LogP contribution in [0, 0.1) is 11.3 Å². The Bertz CT molecular complexity index is 862. The van der Waals surface area contributed by atoms with Gasteiger partial charge in [-0.05, 0) is 31.7 Å². The fraction of sp³-hybridized carbons (Fsp3) is 0.542. The highest BCUT2D eigenvalue weighted by molar-refractivity contribution is 5.92. The number of rotatable bonds is 6. The van der Waals surface area contributed by atoms with Gasteiger partial charge in [0.15, 0.2) is 0 Å². The van der Waals surface area contributed by atoms with Crippen molar-refractivity contribution in [1.29, 1.82) is 0 Å². The topological polar surface area (TPSA) is 76.2 Å². The van der Waals surface area contributed by atoms with Crippen LogP contribution in [0.25, 0.3) is 0 Å². The average Bonchev–Trinajstić information content (AvgIpc) is 3.23. The quantitative estimate of drug-likeness (QED) is 0.654. The van der Waals surface area contributed by atoms with Crippen LogP contribution in [0.3, 0.4) is 0 Å². The summed E-state index contributed by atoms with van der Waals surface area (Å²) in [4.78, 5) is 43.1. The molecule has 0 aromatic heterocycles. The molecule has 7 heteroatoms. The predicted molar refractivity (Wildman–Crippen MR) is 113 cm³/mol. The maximum Gasteiger partial charge on any atom is 0.318 e. The predicted octanol–water partition coefficient (Wildman–Crippen LogP) is 2.51. The second-order valence-corrected chi connectivity index (χ2v) is 8.44. The van der Waals surface area contributed by atoms with Crippen LogP contribution in [0.5, 0.6) is 0 Å². The monoisotopic (exact) mass is 426 g/mol. The molecule has 0 saturated carbocycles. The molecule has 0 spiro atoms. The lowest BCUT2D eigenvalue weighted by Crippen LogP contribution is -2.52. The smallest absolute Gasteiger partial charge is 0.318 e. The van der Waals surface area contributed by atoms with Crippen molar-refractivity contribution in [1.82, 2.24) is 9.80 Å². The zero-order valence-corrected chi connectivity index (χ0v) is 18.0. The third-order valence-corrected chi connectivity index (χ3v) is 6.53.